The number of hydrogen-bond acceptors (Lipinski definition) is 6. The number of rotatable bonds is 8. The average molecular weight is 597 g/mol. The minimum absolute atomic E-state index is 0.00244. The Bertz CT molecular complexity index is 1590. The molecule has 214 valence electrons. The van der Waals surface area contributed by atoms with E-state index in [1.165, 1.54) is 54.1 Å². The van der Waals surface area contributed by atoms with Gasteiger partial charge in [-0.15, -0.1) is 0 Å². The standard InChI is InChI=1S/C26H27ClF2N4O6S/c1-14(34)19-12-32(21-8-15(6-7-18(19)21)25(36)31-40(2,38)39)13-23(35)33-11-17(28)9-22(33)26(37)30-10-16-4-3-5-20(27)24(16)29/h3-8,12,14,17,22,34H,9-11,13H2,1-2H3,(H,30,37)(H,31,36)/t14?,17-,22+/m1/s1. The van der Waals surface area contributed by atoms with Crippen LogP contribution in [0.4, 0.5) is 8.78 Å². The number of nitrogens with one attached hydrogen (secondary N) is 2. The molecule has 2 aromatic carbocycles. The van der Waals surface area contributed by atoms with Crippen LogP contribution in [0.1, 0.15) is 40.9 Å². The molecule has 1 aliphatic heterocycles. The second-order valence-corrected chi connectivity index (χ2v) is 11.8. The summed E-state index contributed by atoms with van der Waals surface area (Å²) in [5.74, 6) is -2.83. The molecule has 1 saturated heterocycles. The van der Waals surface area contributed by atoms with Crippen LogP contribution in [0.15, 0.2) is 42.6 Å². The summed E-state index contributed by atoms with van der Waals surface area (Å²) in [5.41, 5.74) is 0.922. The number of likely N-dealkylation sites (tertiary alicyclic amines) is 1. The van der Waals surface area contributed by atoms with Crippen LogP contribution in [0.5, 0.6) is 0 Å². The van der Waals surface area contributed by atoms with Gasteiger partial charge in [0.25, 0.3) is 5.91 Å². The summed E-state index contributed by atoms with van der Waals surface area (Å²) in [5, 5.41) is 13.2. The lowest BCUT2D eigenvalue weighted by atomic mass is 10.1. The second kappa shape index (κ2) is 11.5. The number of amides is 3. The fraction of sp³-hybridized carbons (Fsp3) is 0.346. The van der Waals surface area contributed by atoms with Gasteiger partial charge < -0.3 is 19.9 Å². The molecule has 0 aliphatic carbocycles. The molecule has 1 fully saturated rings. The second-order valence-electron chi connectivity index (χ2n) is 9.65. The molecule has 1 unspecified atom stereocenters. The van der Waals surface area contributed by atoms with Crippen LogP contribution in [-0.4, -0.2) is 65.7 Å². The summed E-state index contributed by atoms with van der Waals surface area (Å²) in [6.45, 7) is 0.619. The van der Waals surface area contributed by atoms with Crippen molar-refractivity contribution < 1.29 is 36.7 Å². The van der Waals surface area contributed by atoms with Crippen molar-refractivity contribution in [2.45, 2.75) is 44.8 Å². The Morgan fingerprint density at radius 1 is 1.23 bits per heavy atom. The van der Waals surface area contributed by atoms with E-state index >= 15 is 0 Å². The lowest BCUT2D eigenvalue weighted by molar-refractivity contribution is -0.139. The van der Waals surface area contributed by atoms with Gasteiger partial charge in [-0.3, -0.25) is 14.4 Å². The number of fused-ring (bicyclic) bond motifs is 1. The first-order chi connectivity index (χ1) is 18.7. The fourth-order valence-electron chi connectivity index (χ4n) is 4.68. The first-order valence-electron chi connectivity index (χ1n) is 12.2. The Hall–Kier alpha value is -3.55. The monoisotopic (exact) mass is 596 g/mol. The third kappa shape index (κ3) is 6.43. The summed E-state index contributed by atoms with van der Waals surface area (Å²) in [7, 11) is -3.83. The summed E-state index contributed by atoms with van der Waals surface area (Å²) in [6, 6.07) is 7.47. The van der Waals surface area contributed by atoms with Crippen LogP contribution in [-0.2, 0) is 32.7 Å². The zero-order valence-corrected chi connectivity index (χ0v) is 23.1. The van der Waals surface area contributed by atoms with E-state index in [-0.39, 0.29) is 42.2 Å². The number of benzene rings is 2. The van der Waals surface area contributed by atoms with Gasteiger partial charge >= 0.3 is 0 Å². The molecule has 14 heteroatoms. The molecule has 4 rings (SSSR count). The van der Waals surface area contributed by atoms with Crippen LogP contribution >= 0.6 is 11.6 Å². The summed E-state index contributed by atoms with van der Waals surface area (Å²) >= 11 is 5.78. The van der Waals surface area contributed by atoms with E-state index in [1.54, 1.807) is 0 Å². The van der Waals surface area contributed by atoms with Crippen molar-refractivity contribution in [3.8, 4) is 0 Å². The SMILES string of the molecule is CC(O)c1cn(CC(=O)N2C[C@H](F)C[C@H]2C(=O)NCc2cccc(Cl)c2F)c2cc(C(=O)NS(C)(=O)=O)ccc12. The Morgan fingerprint density at radius 3 is 2.62 bits per heavy atom. The molecule has 40 heavy (non-hydrogen) atoms. The van der Waals surface area contributed by atoms with E-state index in [4.69, 9.17) is 11.6 Å². The van der Waals surface area contributed by atoms with Gasteiger partial charge in [0.1, 0.15) is 24.6 Å². The number of alkyl halides is 1. The van der Waals surface area contributed by atoms with Gasteiger partial charge in [0, 0.05) is 46.8 Å². The molecule has 3 N–H and O–H groups in total. The minimum Gasteiger partial charge on any atom is -0.389 e. The van der Waals surface area contributed by atoms with E-state index in [1.807, 2.05) is 4.72 Å². The van der Waals surface area contributed by atoms with Crippen LogP contribution in [0.25, 0.3) is 10.9 Å². The first kappa shape index (κ1) is 29.4. The van der Waals surface area contributed by atoms with Crippen molar-refractivity contribution in [1.29, 1.82) is 0 Å². The van der Waals surface area contributed by atoms with Crippen molar-refractivity contribution in [3.63, 3.8) is 0 Å². The molecule has 0 saturated carbocycles. The van der Waals surface area contributed by atoms with Gasteiger partial charge in [-0.25, -0.2) is 21.9 Å². The van der Waals surface area contributed by atoms with E-state index in [2.05, 4.69) is 5.32 Å². The number of carbonyl (C=O) groups excluding carboxylic acids is 3. The number of nitrogens with zero attached hydrogens (tertiary/aromatic N) is 2. The van der Waals surface area contributed by atoms with Crippen molar-refractivity contribution in [2.24, 2.45) is 0 Å². The number of aliphatic hydroxyl groups excluding tert-OH is 1. The van der Waals surface area contributed by atoms with Gasteiger partial charge in [-0.05, 0) is 25.1 Å². The van der Waals surface area contributed by atoms with Crippen LogP contribution in [0.3, 0.4) is 0 Å². The molecular formula is C26H27ClF2N4O6S. The maximum absolute atomic E-state index is 14.4. The quantitative estimate of drug-likeness (QED) is 0.365. The maximum atomic E-state index is 14.4. The highest BCUT2D eigenvalue weighted by Crippen LogP contribution is 2.29. The number of sulfonamides is 1. The Balaban J connectivity index is 1.57. The van der Waals surface area contributed by atoms with E-state index in [9.17, 15) is 36.7 Å². The van der Waals surface area contributed by atoms with Crippen LogP contribution in [0.2, 0.25) is 5.02 Å². The van der Waals surface area contributed by atoms with Gasteiger partial charge in [-0.2, -0.15) is 0 Å². The fourth-order valence-corrected chi connectivity index (χ4v) is 5.33. The highest BCUT2D eigenvalue weighted by molar-refractivity contribution is 7.89. The predicted molar refractivity (Wildman–Crippen MR) is 143 cm³/mol. The topological polar surface area (TPSA) is 138 Å². The largest absolute Gasteiger partial charge is 0.389 e. The van der Waals surface area contributed by atoms with E-state index < -0.39 is 51.9 Å². The summed E-state index contributed by atoms with van der Waals surface area (Å²) in [4.78, 5) is 39.7. The molecule has 10 nitrogen and oxygen atoms in total. The third-order valence-electron chi connectivity index (χ3n) is 6.57. The van der Waals surface area contributed by atoms with Gasteiger partial charge in [0.2, 0.25) is 21.8 Å². The lowest BCUT2D eigenvalue weighted by Crippen LogP contribution is -2.46. The Kier molecular flexibility index (Phi) is 8.47. The maximum Gasteiger partial charge on any atom is 0.264 e. The molecule has 1 aliphatic rings. The third-order valence-corrected chi connectivity index (χ3v) is 7.41. The molecule has 0 radical (unpaired) electrons. The Labute approximate surface area is 233 Å². The predicted octanol–water partition coefficient (Wildman–Crippen LogP) is 2.43. The van der Waals surface area contributed by atoms with E-state index in [0.29, 0.717) is 16.5 Å². The average Bonchev–Trinajstić information content (AvgIpc) is 3.44. The molecule has 3 atom stereocenters. The van der Waals surface area contributed by atoms with Gasteiger partial charge in [0.05, 0.1) is 23.9 Å². The molecule has 1 aromatic heterocycles. The van der Waals surface area contributed by atoms with Crippen molar-refractivity contribution in [3.05, 3.63) is 70.1 Å². The molecule has 0 spiro atoms. The Morgan fingerprint density at radius 2 is 1.95 bits per heavy atom. The van der Waals surface area contributed by atoms with Crippen molar-refractivity contribution >= 4 is 50.2 Å². The van der Waals surface area contributed by atoms with Gasteiger partial charge in [-0.1, -0.05) is 29.8 Å². The molecule has 0 bridgehead atoms. The van der Waals surface area contributed by atoms with Crippen molar-refractivity contribution in [2.75, 3.05) is 12.8 Å². The number of aromatic nitrogens is 1. The number of aliphatic hydroxyl groups is 1. The summed E-state index contributed by atoms with van der Waals surface area (Å²) in [6.07, 6.45) is -0.296. The molecule has 2 heterocycles. The number of carbonyl (C=O) groups is 3. The lowest BCUT2D eigenvalue weighted by Gasteiger charge is -2.24. The molecular weight excluding hydrogens is 570 g/mol. The van der Waals surface area contributed by atoms with E-state index in [0.717, 1.165) is 11.2 Å². The highest BCUT2D eigenvalue weighted by atomic mass is 35.5. The zero-order chi connectivity index (χ0) is 29.4. The van der Waals surface area contributed by atoms with Gasteiger partial charge in [0.15, 0.2) is 0 Å². The highest BCUT2D eigenvalue weighted by Gasteiger charge is 2.39. The molecule has 3 amide bonds. The number of hydrogen-bond donors (Lipinski definition) is 3. The van der Waals surface area contributed by atoms with Crippen LogP contribution < -0.4 is 10.0 Å². The van der Waals surface area contributed by atoms with Crippen LogP contribution in [0, 0.1) is 5.82 Å². The first-order valence-corrected chi connectivity index (χ1v) is 14.5. The zero-order valence-electron chi connectivity index (χ0n) is 21.5. The minimum atomic E-state index is -3.83. The van der Waals surface area contributed by atoms with Crippen molar-refractivity contribution in [1.82, 2.24) is 19.5 Å². The smallest absolute Gasteiger partial charge is 0.264 e. The normalized spacial score (nSPS) is 18.1. The summed E-state index contributed by atoms with van der Waals surface area (Å²) < 4.78 is 54.9. The number of halogens is 3. The molecule has 3 aromatic rings.